The van der Waals surface area contributed by atoms with Crippen molar-refractivity contribution in [3.8, 4) is 0 Å². The summed E-state index contributed by atoms with van der Waals surface area (Å²) in [7, 11) is -7.57. The van der Waals surface area contributed by atoms with Gasteiger partial charge in [-0.3, -0.25) is 9.44 Å². The van der Waals surface area contributed by atoms with Crippen molar-refractivity contribution in [1.29, 1.82) is 0 Å². The van der Waals surface area contributed by atoms with E-state index >= 15 is 0 Å². The molecule has 0 aliphatic rings. The molecule has 19 nitrogen and oxygen atoms in total. The van der Waals surface area contributed by atoms with Gasteiger partial charge in [0, 0.05) is 23.3 Å². The summed E-state index contributed by atoms with van der Waals surface area (Å²) in [5.41, 5.74) is 22.2. The van der Waals surface area contributed by atoms with Gasteiger partial charge in [0.1, 0.15) is 0 Å². The van der Waals surface area contributed by atoms with E-state index in [1.165, 1.54) is 99.0 Å². The Hall–Kier alpha value is -4.06. The van der Waals surface area contributed by atoms with Gasteiger partial charge in [-0.05, 0) is 99.2 Å². The zero-order valence-electron chi connectivity index (χ0n) is 27.6. The molecule has 50 heavy (non-hydrogen) atoms. The van der Waals surface area contributed by atoms with Crippen molar-refractivity contribution in [2.75, 3.05) is 24.6 Å². The van der Waals surface area contributed by atoms with Crippen molar-refractivity contribution in [2.24, 2.45) is 11.5 Å². The molecule has 0 spiro atoms. The Kier molecular flexibility index (Phi) is 37.4. The quantitative estimate of drug-likeness (QED) is 0.124. The molecule has 0 amide bonds. The number of anilines is 2. The molecular formula is C28H50CuN10O9S2. The third-order valence-electron chi connectivity index (χ3n) is 4.98. The normalized spacial score (nSPS) is 9.20. The van der Waals surface area contributed by atoms with Crippen LogP contribution in [-0.4, -0.2) is 77.2 Å². The zero-order chi connectivity index (χ0) is 32.8. The van der Waals surface area contributed by atoms with Gasteiger partial charge < -0.3 is 70.3 Å². The standard InChI is InChI=1S/2C10H9N4O2S.2C4H11N.Cu.5H2O/c2*11-8-2-4-9(5-3-8)17(15,16)14-10-12-6-1-7-13-10;2*1-2-3-4-5;;;;;;/h2*1-7H,11H2;2*2-5H2,1H3;;5*1H2/q2*-1;;;+2;;;;;. The van der Waals surface area contributed by atoms with Crippen molar-refractivity contribution in [2.45, 2.75) is 49.3 Å². The van der Waals surface area contributed by atoms with E-state index in [2.05, 4.69) is 43.2 Å². The van der Waals surface area contributed by atoms with Crippen LogP contribution in [0.25, 0.3) is 9.44 Å². The smallest absolute Gasteiger partial charge is 0.412 e. The van der Waals surface area contributed by atoms with Gasteiger partial charge in [0.05, 0.1) is 9.79 Å². The third kappa shape index (κ3) is 24.1. The molecule has 2 aromatic heterocycles. The monoisotopic (exact) mass is 797 g/mol. The van der Waals surface area contributed by atoms with Crippen LogP contribution in [0, 0.1) is 0 Å². The molecule has 2 aromatic carbocycles. The first-order valence-electron chi connectivity index (χ1n) is 13.6. The number of nitrogens with zero attached hydrogens (tertiary/aromatic N) is 6. The van der Waals surface area contributed by atoms with Gasteiger partial charge in [0.25, 0.3) is 0 Å². The van der Waals surface area contributed by atoms with E-state index in [4.69, 9.17) is 22.9 Å². The molecule has 0 atom stereocenters. The van der Waals surface area contributed by atoms with E-state index in [0.29, 0.717) is 11.4 Å². The summed E-state index contributed by atoms with van der Waals surface area (Å²) < 4.78 is 54.3. The van der Waals surface area contributed by atoms with Crippen LogP contribution in [0.1, 0.15) is 39.5 Å². The van der Waals surface area contributed by atoms with Crippen molar-refractivity contribution < 1.29 is 61.3 Å². The van der Waals surface area contributed by atoms with E-state index in [-0.39, 0.29) is 66.1 Å². The molecule has 4 rings (SSSR count). The van der Waals surface area contributed by atoms with E-state index in [0.717, 1.165) is 13.1 Å². The predicted octanol–water partition coefficient (Wildman–Crippen LogP) is 0.270. The minimum Gasteiger partial charge on any atom is -0.412 e. The Balaban J connectivity index is -0.000000140. The average Bonchev–Trinajstić information content (AvgIpc) is 3.00. The second-order valence-electron chi connectivity index (χ2n) is 8.65. The van der Waals surface area contributed by atoms with Crippen LogP contribution in [0.4, 0.5) is 23.3 Å². The molecule has 0 fully saturated rings. The molecule has 0 saturated carbocycles. The van der Waals surface area contributed by atoms with Crippen LogP contribution in [0.3, 0.4) is 0 Å². The maximum Gasteiger partial charge on any atom is 2.00 e. The first-order chi connectivity index (χ1) is 21.0. The molecule has 0 aliphatic carbocycles. The predicted molar refractivity (Wildman–Crippen MR) is 192 cm³/mol. The second-order valence-corrected chi connectivity index (χ2v) is 11.9. The molecular weight excluding hydrogens is 748 g/mol. The summed E-state index contributed by atoms with van der Waals surface area (Å²) in [5, 5.41) is 0. The molecule has 0 aliphatic heterocycles. The van der Waals surface area contributed by atoms with Crippen LogP contribution in [0.15, 0.2) is 95.2 Å². The first kappa shape index (κ1) is 58.2. The van der Waals surface area contributed by atoms with E-state index < -0.39 is 20.0 Å². The number of nitrogen functional groups attached to an aromatic ring is 2. The summed E-state index contributed by atoms with van der Waals surface area (Å²) in [6.45, 7) is 5.95. The number of hydrogen-bond acceptors (Lipinski definition) is 12. The molecule has 0 bridgehead atoms. The van der Waals surface area contributed by atoms with Crippen molar-refractivity contribution in [3.05, 3.63) is 94.9 Å². The number of benzene rings is 2. The van der Waals surface area contributed by atoms with Gasteiger partial charge in [-0.25, -0.2) is 16.8 Å². The van der Waals surface area contributed by atoms with Crippen LogP contribution >= 0.6 is 0 Å². The summed E-state index contributed by atoms with van der Waals surface area (Å²) in [5.74, 6) is -0.186. The van der Waals surface area contributed by atoms with E-state index in [1.54, 1.807) is 12.1 Å². The maximum absolute atomic E-state index is 11.8. The SMILES string of the molecule is CCCCN.CCCCN.Nc1ccc(S(=O)(=O)[N-]c2ncccn2)cc1.Nc1ccc(S(=O)(=O)[N-]c2ncccn2)cc1.O.O.O.O.O.[Cu+2]. The largest absolute Gasteiger partial charge is 2.00 e. The number of sulfonamides is 2. The molecule has 0 saturated heterocycles. The molecule has 0 unspecified atom stereocenters. The molecule has 22 heteroatoms. The zero-order valence-corrected chi connectivity index (χ0v) is 30.1. The van der Waals surface area contributed by atoms with Gasteiger partial charge in [0.2, 0.25) is 20.0 Å². The molecule has 4 aromatic rings. The average molecular weight is 798 g/mol. The van der Waals surface area contributed by atoms with Crippen LogP contribution in [-0.2, 0) is 37.1 Å². The number of nitrogens with two attached hydrogens (primary N) is 4. The Morgan fingerprint density at radius 1 is 0.540 bits per heavy atom. The topological polar surface area (TPSA) is 410 Å². The summed E-state index contributed by atoms with van der Waals surface area (Å²) >= 11 is 0. The number of rotatable bonds is 10. The Bertz CT molecular complexity index is 1430. The van der Waals surface area contributed by atoms with E-state index in [1.807, 2.05) is 0 Å². The van der Waals surface area contributed by atoms with Crippen LogP contribution in [0.5, 0.6) is 0 Å². The summed E-state index contributed by atoms with van der Waals surface area (Å²) in [6.07, 6.45) is 10.5. The van der Waals surface area contributed by atoms with Crippen LogP contribution in [0.2, 0.25) is 0 Å². The minimum absolute atomic E-state index is 0. The van der Waals surface area contributed by atoms with Gasteiger partial charge in [-0.1, -0.05) is 38.8 Å². The first-order valence-corrected chi connectivity index (χ1v) is 16.5. The van der Waals surface area contributed by atoms with Gasteiger partial charge in [-0.15, -0.1) is 0 Å². The maximum atomic E-state index is 11.8. The third-order valence-corrected chi connectivity index (χ3v) is 7.52. The molecule has 1 radical (unpaired) electrons. The fraction of sp³-hybridized carbons (Fsp3) is 0.286. The van der Waals surface area contributed by atoms with Gasteiger partial charge in [0.15, 0.2) is 0 Å². The van der Waals surface area contributed by atoms with Crippen LogP contribution < -0.4 is 22.9 Å². The second kappa shape index (κ2) is 32.2. The fourth-order valence-electron chi connectivity index (χ4n) is 2.68. The van der Waals surface area contributed by atoms with Crippen molar-refractivity contribution in [3.63, 3.8) is 0 Å². The van der Waals surface area contributed by atoms with Crippen molar-refractivity contribution in [1.82, 2.24) is 19.9 Å². The minimum atomic E-state index is -3.79. The molecule has 2 heterocycles. The van der Waals surface area contributed by atoms with Gasteiger partial charge >= 0.3 is 17.1 Å². The Morgan fingerprint density at radius 2 is 0.800 bits per heavy atom. The van der Waals surface area contributed by atoms with E-state index in [9.17, 15) is 16.8 Å². The van der Waals surface area contributed by atoms with Crippen molar-refractivity contribution >= 4 is 43.3 Å². The Labute approximate surface area is 303 Å². The Morgan fingerprint density at radius 3 is 1.00 bits per heavy atom. The number of hydrogen-bond donors (Lipinski definition) is 4. The number of aromatic nitrogens is 4. The summed E-state index contributed by atoms with van der Waals surface area (Å²) in [4.78, 5) is 15.0. The number of unbranched alkanes of at least 4 members (excludes halogenated alkanes) is 2. The van der Waals surface area contributed by atoms with Gasteiger partial charge in [-0.2, -0.15) is 0 Å². The molecule has 289 valence electrons. The fourth-order valence-corrected chi connectivity index (χ4v) is 4.47. The summed E-state index contributed by atoms with van der Waals surface area (Å²) in [6, 6.07) is 14.7. The molecule has 18 N–H and O–H groups in total.